The van der Waals surface area contributed by atoms with Crippen molar-refractivity contribution >= 4 is 21.7 Å². The smallest absolute Gasteiger partial charge is 0.423 e. The maximum atomic E-state index is 12.7. The number of hydrogen-bond acceptors (Lipinski definition) is 6. The molecule has 0 aliphatic heterocycles. The molecule has 0 bridgehead atoms. The lowest BCUT2D eigenvalue weighted by Crippen LogP contribution is -2.18. The van der Waals surface area contributed by atoms with E-state index in [9.17, 15) is 21.6 Å². The highest BCUT2D eigenvalue weighted by molar-refractivity contribution is 7.89. The molecule has 0 spiro atoms. The van der Waals surface area contributed by atoms with Gasteiger partial charge in [-0.05, 0) is 31.3 Å². The van der Waals surface area contributed by atoms with Crippen LogP contribution in [0.5, 0.6) is 5.88 Å². The maximum absolute atomic E-state index is 12.7. The Labute approximate surface area is 135 Å². The van der Waals surface area contributed by atoms with Gasteiger partial charge in [0.25, 0.3) is 0 Å². The van der Waals surface area contributed by atoms with Crippen molar-refractivity contribution in [2.75, 3.05) is 19.5 Å². The van der Waals surface area contributed by atoms with Crippen LogP contribution in [-0.2, 0) is 16.2 Å². The van der Waals surface area contributed by atoms with Crippen molar-refractivity contribution in [1.29, 1.82) is 0 Å². The summed E-state index contributed by atoms with van der Waals surface area (Å²) in [4.78, 5) is 7.27. The fourth-order valence-corrected chi connectivity index (χ4v) is 2.47. The van der Waals surface area contributed by atoms with Crippen LogP contribution in [-0.4, -0.2) is 32.5 Å². The summed E-state index contributed by atoms with van der Waals surface area (Å²) in [5, 5.41) is 2.67. The van der Waals surface area contributed by atoms with Gasteiger partial charge in [0.15, 0.2) is 0 Å². The lowest BCUT2D eigenvalue weighted by Gasteiger charge is -2.12. The quantitative estimate of drug-likeness (QED) is 0.847. The van der Waals surface area contributed by atoms with E-state index in [0.29, 0.717) is 11.9 Å². The Morgan fingerprint density at radius 3 is 2.29 bits per heavy atom. The second-order valence-corrected chi connectivity index (χ2v) is 6.36. The van der Waals surface area contributed by atoms with Crippen LogP contribution < -0.4 is 14.8 Å². The summed E-state index contributed by atoms with van der Waals surface area (Å²) < 4.78 is 68.2. The second-order valence-electron chi connectivity index (χ2n) is 4.47. The number of alkyl halides is 3. The number of ether oxygens (including phenoxy) is 1. The lowest BCUT2D eigenvalue weighted by atomic mass is 10.3. The summed E-state index contributed by atoms with van der Waals surface area (Å²) in [6.45, 7) is 0. The monoisotopic (exact) mass is 362 g/mol. The molecular weight excluding hydrogens is 349 g/mol. The summed E-state index contributed by atoms with van der Waals surface area (Å²) in [7, 11) is -1.22. The first kappa shape index (κ1) is 17.9. The highest BCUT2D eigenvalue weighted by Crippen LogP contribution is 2.35. The van der Waals surface area contributed by atoms with Crippen molar-refractivity contribution in [3.05, 3.63) is 36.0 Å². The molecule has 2 rings (SSSR count). The molecule has 130 valence electrons. The van der Waals surface area contributed by atoms with E-state index < -0.39 is 27.6 Å². The zero-order chi connectivity index (χ0) is 18.0. The third kappa shape index (κ3) is 3.92. The third-order valence-corrected chi connectivity index (χ3v) is 4.37. The number of methoxy groups -OCH3 is 1. The minimum atomic E-state index is -4.63. The van der Waals surface area contributed by atoms with Crippen LogP contribution in [0.15, 0.2) is 35.4 Å². The predicted octanol–water partition coefficient (Wildman–Crippen LogP) is 2.16. The molecule has 0 aliphatic carbocycles. The van der Waals surface area contributed by atoms with Gasteiger partial charge in [-0.25, -0.2) is 18.1 Å². The Balaban J connectivity index is 2.26. The number of rotatable bonds is 5. The second kappa shape index (κ2) is 6.61. The SMILES string of the molecule is CNS(=O)(=O)c1ccc(Nc2ncc(C(F)(F)F)c(OC)n2)cc1. The average Bonchev–Trinajstić information content (AvgIpc) is 2.54. The van der Waals surface area contributed by atoms with Crippen molar-refractivity contribution in [3.8, 4) is 5.88 Å². The molecule has 2 N–H and O–H groups in total. The van der Waals surface area contributed by atoms with Gasteiger partial charge >= 0.3 is 6.18 Å². The van der Waals surface area contributed by atoms with Crippen LogP contribution in [0.3, 0.4) is 0 Å². The molecule has 0 saturated heterocycles. The van der Waals surface area contributed by atoms with Crippen LogP contribution in [0.25, 0.3) is 0 Å². The fraction of sp³-hybridized carbons (Fsp3) is 0.231. The van der Waals surface area contributed by atoms with Crippen molar-refractivity contribution < 1.29 is 26.3 Å². The topological polar surface area (TPSA) is 93.2 Å². The van der Waals surface area contributed by atoms with Gasteiger partial charge in [0.2, 0.25) is 21.9 Å². The Morgan fingerprint density at radius 2 is 1.79 bits per heavy atom. The van der Waals surface area contributed by atoms with Crippen LogP contribution in [0.1, 0.15) is 5.56 Å². The zero-order valence-electron chi connectivity index (χ0n) is 12.5. The average molecular weight is 362 g/mol. The minimum absolute atomic E-state index is 0.0430. The molecule has 7 nitrogen and oxygen atoms in total. The van der Waals surface area contributed by atoms with Gasteiger partial charge in [-0.2, -0.15) is 18.2 Å². The van der Waals surface area contributed by atoms with Crippen LogP contribution >= 0.6 is 0 Å². The molecule has 0 aliphatic rings. The molecule has 0 atom stereocenters. The van der Waals surface area contributed by atoms with E-state index in [1.807, 2.05) is 0 Å². The summed E-state index contributed by atoms with van der Waals surface area (Å²) in [6.07, 6.45) is -4.03. The first-order valence-electron chi connectivity index (χ1n) is 6.46. The van der Waals surface area contributed by atoms with E-state index in [2.05, 4.69) is 24.7 Å². The maximum Gasteiger partial charge on any atom is 0.423 e. The van der Waals surface area contributed by atoms with Gasteiger partial charge in [0.05, 0.1) is 12.0 Å². The van der Waals surface area contributed by atoms with Crippen molar-refractivity contribution in [1.82, 2.24) is 14.7 Å². The van der Waals surface area contributed by atoms with Crippen LogP contribution in [0.2, 0.25) is 0 Å². The number of sulfonamides is 1. The molecule has 0 radical (unpaired) electrons. The minimum Gasteiger partial charge on any atom is -0.480 e. The summed E-state index contributed by atoms with van der Waals surface area (Å²) in [5.74, 6) is -0.738. The molecule has 1 heterocycles. The lowest BCUT2D eigenvalue weighted by molar-refractivity contribution is -0.139. The summed E-state index contributed by atoms with van der Waals surface area (Å²) in [5.41, 5.74) is -0.696. The molecule has 0 unspecified atom stereocenters. The molecule has 2 aromatic rings. The van der Waals surface area contributed by atoms with Gasteiger partial charge in [-0.15, -0.1) is 0 Å². The highest BCUT2D eigenvalue weighted by atomic mass is 32.2. The fourth-order valence-electron chi connectivity index (χ4n) is 1.74. The Bertz CT molecular complexity index is 823. The molecule has 0 amide bonds. The van der Waals surface area contributed by atoms with E-state index in [1.54, 1.807) is 0 Å². The zero-order valence-corrected chi connectivity index (χ0v) is 13.4. The number of anilines is 2. The standard InChI is InChI=1S/C13H13F3N4O3S/c1-17-24(21,22)9-5-3-8(4-6-9)19-12-18-7-10(13(14,15)16)11(20-12)23-2/h3-7,17H,1-2H3,(H,18,19,20). The van der Waals surface area contributed by atoms with Crippen molar-refractivity contribution in [3.63, 3.8) is 0 Å². The molecule has 24 heavy (non-hydrogen) atoms. The number of aromatic nitrogens is 2. The third-order valence-electron chi connectivity index (χ3n) is 2.94. The van der Waals surface area contributed by atoms with Gasteiger partial charge < -0.3 is 10.1 Å². The molecule has 11 heteroatoms. The number of hydrogen-bond donors (Lipinski definition) is 2. The Morgan fingerprint density at radius 1 is 1.17 bits per heavy atom. The van der Waals surface area contributed by atoms with E-state index in [0.717, 1.165) is 7.11 Å². The first-order valence-corrected chi connectivity index (χ1v) is 7.94. The van der Waals surface area contributed by atoms with Crippen molar-refractivity contribution in [2.24, 2.45) is 0 Å². The molecular formula is C13H13F3N4O3S. The highest BCUT2D eigenvalue weighted by Gasteiger charge is 2.36. The number of nitrogens with one attached hydrogen (secondary N) is 2. The van der Waals surface area contributed by atoms with E-state index >= 15 is 0 Å². The van der Waals surface area contributed by atoms with E-state index in [1.165, 1.54) is 31.3 Å². The van der Waals surface area contributed by atoms with Gasteiger partial charge in [0, 0.05) is 11.9 Å². The first-order chi connectivity index (χ1) is 11.2. The van der Waals surface area contributed by atoms with Gasteiger partial charge in [-0.3, -0.25) is 0 Å². The number of nitrogens with zero attached hydrogens (tertiary/aromatic N) is 2. The normalized spacial score (nSPS) is 12.0. The van der Waals surface area contributed by atoms with Gasteiger partial charge in [0.1, 0.15) is 5.56 Å². The summed E-state index contributed by atoms with van der Waals surface area (Å²) >= 11 is 0. The van der Waals surface area contributed by atoms with Crippen molar-refractivity contribution in [2.45, 2.75) is 11.1 Å². The van der Waals surface area contributed by atoms with E-state index in [-0.39, 0.29) is 10.8 Å². The number of benzene rings is 1. The Kier molecular flexibility index (Phi) is 4.94. The van der Waals surface area contributed by atoms with Crippen LogP contribution in [0, 0.1) is 0 Å². The molecule has 1 aromatic heterocycles. The largest absolute Gasteiger partial charge is 0.480 e. The van der Waals surface area contributed by atoms with Crippen LogP contribution in [0.4, 0.5) is 24.8 Å². The molecule has 1 aromatic carbocycles. The predicted molar refractivity (Wildman–Crippen MR) is 79.6 cm³/mol. The Hall–Kier alpha value is -2.40. The number of halogens is 3. The van der Waals surface area contributed by atoms with Gasteiger partial charge in [-0.1, -0.05) is 0 Å². The molecule has 0 fully saturated rings. The van der Waals surface area contributed by atoms with E-state index in [4.69, 9.17) is 0 Å². The summed E-state index contributed by atoms with van der Waals surface area (Å²) in [6, 6.07) is 5.51. The molecule has 0 saturated carbocycles.